The van der Waals surface area contributed by atoms with E-state index in [0.29, 0.717) is 16.9 Å². The Hall–Kier alpha value is -0.690. The molecule has 0 saturated heterocycles. The fourth-order valence-electron chi connectivity index (χ4n) is 1.41. The van der Waals surface area contributed by atoms with Gasteiger partial charge >= 0.3 is 0 Å². The van der Waals surface area contributed by atoms with Crippen LogP contribution in [0, 0.1) is 0 Å². The highest BCUT2D eigenvalue weighted by molar-refractivity contribution is 6.32. The van der Waals surface area contributed by atoms with E-state index in [-0.39, 0.29) is 5.75 Å². The van der Waals surface area contributed by atoms with Crippen molar-refractivity contribution in [3.05, 3.63) is 28.3 Å². The fraction of sp³-hybridized carbons (Fsp3) is 0.500. The van der Waals surface area contributed by atoms with E-state index < -0.39 is 0 Å². The number of phenolic OH excluding ortho intramolecular Hbond substituents is 1. The molecular weight excluding hydrogens is 196 g/mol. The molecule has 0 heterocycles. The lowest BCUT2D eigenvalue weighted by Crippen LogP contribution is -1.94. The van der Waals surface area contributed by atoms with Crippen molar-refractivity contribution in [1.29, 1.82) is 0 Å². The summed E-state index contributed by atoms with van der Waals surface area (Å²) in [6, 6.07) is 3.83. The van der Waals surface area contributed by atoms with Gasteiger partial charge in [-0.25, -0.2) is 0 Å². The van der Waals surface area contributed by atoms with Gasteiger partial charge in [-0.3, -0.25) is 0 Å². The molecule has 2 heteroatoms. The van der Waals surface area contributed by atoms with Crippen LogP contribution in [-0.2, 0) is 0 Å². The van der Waals surface area contributed by atoms with Crippen molar-refractivity contribution < 1.29 is 5.11 Å². The maximum absolute atomic E-state index is 9.65. The lowest BCUT2D eigenvalue weighted by atomic mass is 9.95. The molecule has 0 amide bonds. The van der Waals surface area contributed by atoms with E-state index in [2.05, 4.69) is 33.8 Å². The van der Waals surface area contributed by atoms with Crippen molar-refractivity contribution >= 4 is 11.6 Å². The first-order valence-corrected chi connectivity index (χ1v) is 5.33. The number of hydrogen-bond donors (Lipinski definition) is 1. The molecule has 0 aromatic heterocycles. The van der Waals surface area contributed by atoms with Gasteiger partial charge in [-0.05, 0) is 29.0 Å². The lowest BCUT2D eigenvalue weighted by molar-refractivity contribution is 0.473. The minimum Gasteiger partial charge on any atom is -0.506 e. The summed E-state index contributed by atoms with van der Waals surface area (Å²) in [6.07, 6.45) is 0. The predicted octanol–water partition coefficient (Wildman–Crippen LogP) is 4.29. The molecule has 78 valence electrons. The molecule has 0 aliphatic heterocycles. The predicted molar refractivity (Wildman–Crippen MR) is 61.3 cm³/mol. The Kier molecular flexibility index (Phi) is 3.43. The van der Waals surface area contributed by atoms with Gasteiger partial charge in [-0.15, -0.1) is 0 Å². The van der Waals surface area contributed by atoms with Crippen LogP contribution < -0.4 is 0 Å². The number of benzene rings is 1. The van der Waals surface area contributed by atoms with Crippen molar-refractivity contribution in [2.45, 2.75) is 39.5 Å². The van der Waals surface area contributed by atoms with Crippen LogP contribution in [0.2, 0.25) is 5.02 Å². The Morgan fingerprint density at radius 1 is 1.07 bits per heavy atom. The highest BCUT2D eigenvalue weighted by atomic mass is 35.5. The summed E-state index contributed by atoms with van der Waals surface area (Å²) in [5, 5.41) is 10.1. The van der Waals surface area contributed by atoms with E-state index in [1.807, 2.05) is 0 Å². The minimum absolute atomic E-state index is 0.196. The molecule has 0 bridgehead atoms. The lowest BCUT2D eigenvalue weighted by Gasteiger charge is -2.14. The van der Waals surface area contributed by atoms with Crippen LogP contribution in [0.1, 0.15) is 50.7 Å². The Morgan fingerprint density at radius 2 is 1.64 bits per heavy atom. The summed E-state index contributed by atoms with van der Waals surface area (Å²) >= 11 is 6.01. The van der Waals surface area contributed by atoms with Gasteiger partial charge in [0.2, 0.25) is 0 Å². The first-order chi connectivity index (χ1) is 6.43. The zero-order valence-electron chi connectivity index (χ0n) is 9.13. The molecule has 0 spiro atoms. The topological polar surface area (TPSA) is 20.2 Å². The number of halogens is 1. The number of hydrogen-bond acceptors (Lipinski definition) is 1. The Morgan fingerprint density at radius 3 is 2.07 bits per heavy atom. The number of phenols is 1. The van der Waals surface area contributed by atoms with Crippen molar-refractivity contribution in [2.75, 3.05) is 0 Å². The van der Waals surface area contributed by atoms with Crippen molar-refractivity contribution in [2.24, 2.45) is 0 Å². The molecule has 0 radical (unpaired) electrons. The zero-order chi connectivity index (χ0) is 10.9. The summed E-state index contributed by atoms with van der Waals surface area (Å²) in [5.74, 6) is 0.948. The molecule has 14 heavy (non-hydrogen) atoms. The van der Waals surface area contributed by atoms with E-state index in [4.69, 9.17) is 11.6 Å². The highest BCUT2D eigenvalue weighted by Crippen LogP contribution is 2.35. The summed E-state index contributed by atoms with van der Waals surface area (Å²) in [6.45, 7) is 8.36. The molecule has 1 aromatic rings. The van der Waals surface area contributed by atoms with Gasteiger partial charge in [0.25, 0.3) is 0 Å². The molecule has 0 fully saturated rings. The zero-order valence-corrected chi connectivity index (χ0v) is 9.89. The van der Waals surface area contributed by atoms with Crippen LogP contribution in [-0.4, -0.2) is 5.11 Å². The van der Waals surface area contributed by atoms with Crippen molar-refractivity contribution in [3.63, 3.8) is 0 Å². The standard InChI is InChI=1S/C12H17ClO/c1-7(2)9-5-10(8(3)4)12(13)11(14)6-9/h5-8,14H,1-4H3. The summed E-state index contributed by atoms with van der Waals surface area (Å²) in [5.41, 5.74) is 2.16. The molecule has 0 saturated carbocycles. The van der Waals surface area contributed by atoms with E-state index in [0.717, 1.165) is 11.1 Å². The molecular formula is C12H17ClO. The van der Waals surface area contributed by atoms with Crippen molar-refractivity contribution in [1.82, 2.24) is 0 Å². The van der Waals surface area contributed by atoms with Gasteiger partial charge in [0, 0.05) is 0 Å². The van der Waals surface area contributed by atoms with Crippen molar-refractivity contribution in [3.8, 4) is 5.75 Å². The number of aromatic hydroxyl groups is 1. The summed E-state index contributed by atoms with van der Waals surface area (Å²) < 4.78 is 0. The third-order valence-corrected chi connectivity index (χ3v) is 2.80. The molecule has 0 aliphatic rings. The third-order valence-electron chi connectivity index (χ3n) is 2.39. The van der Waals surface area contributed by atoms with Crippen LogP contribution in [0.3, 0.4) is 0 Å². The second kappa shape index (κ2) is 4.22. The van der Waals surface area contributed by atoms with Crippen LogP contribution >= 0.6 is 11.6 Å². The van der Waals surface area contributed by atoms with Gasteiger partial charge in [-0.1, -0.05) is 45.4 Å². The van der Waals surface area contributed by atoms with Crippen LogP contribution in [0.25, 0.3) is 0 Å². The monoisotopic (exact) mass is 212 g/mol. The second-order valence-corrected chi connectivity index (χ2v) is 4.63. The molecule has 1 N–H and O–H groups in total. The highest BCUT2D eigenvalue weighted by Gasteiger charge is 2.12. The van der Waals surface area contributed by atoms with Gasteiger partial charge < -0.3 is 5.11 Å². The first kappa shape index (κ1) is 11.4. The first-order valence-electron chi connectivity index (χ1n) is 4.95. The molecule has 0 unspecified atom stereocenters. The molecule has 0 aliphatic carbocycles. The van der Waals surface area contributed by atoms with E-state index in [1.165, 1.54) is 0 Å². The second-order valence-electron chi connectivity index (χ2n) is 4.25. The minimum atomic E-state index is 0.196. The Balaban J connectivity index is 3.28. The molecule has 1 aromatic carbocycles. The van der Waals surface area contributed by atoms with Gasteiger partial charge in [-0.2, -0.15) is 0 Å². The van der Waals surface area contributed by atoms with Crippen LogP contribution in [0.4, 0.5) is 0 Å². The smallest absolute Gasteiger partial charge is 0.134 e. The Labute approximate surface area is 90.7 Å². The summed E-state index contributed by atoms with van der Waals surface area (Å²) in [4.78, 5) is 0. The van der Waals surface area contributed by atoms with Crippen LogP contribution in [0.15, 0.2) is 12.1 Å². The third kappa shape index (κ3) is 2.21. The molecule has 1 nitrogen and oxygen atoms in total. The normalized spacial score (nSPS) is 11.4. The summed E-state index contributed by atoms with van der Waals surface area (Å²) in [7, 11) is 0. The molecule has 1 rings (SSSR count). The SMILES string of the molecule is CC(C)c1cc(O)c(Cl)c(C(C)C)c1. The van der Waals surface area contributed by atoms with E-state index in [9.17, 15) is 5.11 Å². The van der Waals surface area contributed by atoms with E-state index >= 15 is 0 Å². The fourth-order valence-corrected chi connectivity index (χ4v) is 1.73. The maximum Gasteiger partial charge on any atom is 0.134 e. The maximum atomic E-state index is 9.65. The average molecular weight is 213 g/mol. The molecule has 0 atom stereocenters. The van der Waals surface area contributed by atoms with Gasteiger partial charge in [0.05, 0.1) is 5.02 Å². The number of rotatable bonds is 2. The van der Waals surface area contributed by atoms with E-state index in [1.54, 1.807) is 6.07 Å². The van der Waals surface area contributed by atoms with Gasteiger partial charge in [0.15, 0.2) is 0 Å². The Bertz CT molecular complexity index is 329. The largest absolute Gasteiger partial charge is 0.506 e. The quantitative estimate of drug-likeness (QED) is 0.776. The van der Waals surface area contributed by atoms with Crippen LogP contribution in [0.5, 0.6) is 5.75 Å². The average Bonchev–Trinajstić information content (AvgIpc) is 2.08. The van der Waals surface area contributed by atoms with Gasteiger partial charge in [0.1, 0.15) is 5.75 Å².